The number of ether oxygens (including phenoxy) is 2. The van der Waals surface area contributed by atoms with Gasteiger partial charge in [0, 0.05) is 19.2 Å². The summed E-state index contributed by atoms with van der Waals surface area (Å²) in [6.07, 6.45) is 2.18. The number of carbonyl (C=O) groups is 1. The molecule has 1 unspecified atom stereocenters. The highest BCUT2D eigenvalue weighted by atomic mass is 32.2. The molecule has 1 saturated heterocycles. The maximum absolute atomic E-state index is 13.4. The molecule has 1 aliphatic heterocycles. The van der Waals surface area contributed by atoms with Crippen LogP contribution in [0.4, 0.5) is 0 Å². The average Bonchev–Trinajstić information content (AvgIpc) is 2.82. The van der Waals surface area contributed by atoms with Crippen molar-refractivity contribution in [2.45, 2.75) is 24.9 Å². The molecule has 0 bridgehead atoms. The summed E-state index contributed by atoms with van der Waals surface area (Å²) in [5.41, 5.74) is 1.02. The van der Waals surface area contributed by atoms with Crippen LogP contribution in [0.5, 0.6) is 11.5 Å². The van der Waals surface area contributed by atoms with Crippen LogP contribution in [0.15, 0.2) is 52.4 Å². The highest BCUT2D eigenvalue weighted by Gasteiger charge is 2.22. The Morgan fingerprint density at radius 2 is 1.94 bits per heavy atom. The van der Waals surface area contributed by atoms with Crippen LogP contribution < -0.4 is 15.0 Å². The minimum Gasteiger partial charge on any atom is -0.493 e. The molecule has 1 atom stereocenters. The van der Waals surface area contributed by atoms with E-state index in [9.17, 15) is 9.59 Å². The number of benzene rings is 2. The zero-order valence-electron chi connectivity index (χ0n) is 18.5. The normalized spacial score (nSPS) is 16.2. The number of likely N-dealkylation sites (tertiary alicyclic amines) is 1. The molecule has 2 heterocycles. The van der Waals surface area contributed by atoms with Crippen molar-refractivity contribution in [2.24, 2.45) is 5.92 Å². The van der Waals surface area contributed by atoms with Crippen molar-refractivity contribution in [3.63, 3.8) is 0 Å². The Kier molecular flexibility index (Phi) is 6.69. The van der Waals surface area contributed by atoms with E-state index in [-0.39, 0.29) is 17.2 Å². The average molecular weight is 454 g/mol. The van der Waals surface area contributed by atoms with Gasteiger partial charge in [-0.25, -0.2) is 4.98 Å². The molecule has 0 saturated carbocycles. The maximum atomic E-state index is 13.4. The number of piperidine rings is 1. The Morgan fingerprint density at radius 3 is 2.69 bits per heavy atom. The summed E-state index contributed by atoms with van der Waals surface area (Å²) in [7, 11) is 3.12. The van der Waals surface area contributed by atoms with E-state index >= 15 is 0 Å². The fourth-order valence-electron chi connectivity index (χ4n) is 4.03. The Bertz CT molecular complexity index is 1190. The number of para-hydroxylation sites is 1. The van der Waals surface area contributed by atoms with Gasteiger partial charge in [-0.2, -0.15) is 0 Å². The molecule has 0 N–H and O–H groups in total. The first kappa shape index (κ1) is 22.2. The summed E-state index contributed by atoms with van der Waals surface area (Å²) in [6.45, 7) is 3.75. The molecule has 4 rings (SSSR count). The van der Waals surface area contributed by atoms with Gasteiger partial charge in [0.1, 0.15) is 0 Å². The monoisotopic (exact) mass is 453 g/mol. The number of thioether (sulfide) groups is 1. The van der Waals surface area contributed by atoms with Gasteiger partial charge >= 0.3 is 0 Å². The minimum absolute atomic E-state index is 0.0721. The summed E-state index contributed by atoms with van der Waals surface area (Å²) in [6, 6.07) is 12.5. The third-order valence-electron chi connectivity index (χ3n) is 5.70. The molecule has 1 aliphatic rings. The smallest absolute Gasteiger partial charge is 0.266 e. The first-order valence-corrected chi connectivity index (χ1v) is 11.6. The van der Waals surface area contributed by atoms with Gasteiger partial charge in [-0.1, -0.05) is 30.8 Å². The Balaban J connectivity index is 1.73. The molecule has 0 aliphatic carbocycles. The lowest BCUT2D eigenvalue weighted by atomic mass is 10.0. The summed E-state index contributed by atoms with van der Waals surface area (Å²) in [5.74, 6) is 1.90. The number of nitrogens with zero attached hydrogens (tertiary/aromatic N) is 3. The maximum Gasteiger partial charge on any atom is 0.266 e. The molecule has 168 valence electrons. The second kappa shape index (κ2) is 9.65. The van der Waals surface area contributed by atoms with Crippen molar-refractivity contribution in [1.82, 2.24) is 14.5 Å². The predicted octanol–water partition coefficient (Wildman–Crippen LogP) is 3.75. The number of carbonyl (C=O) groups excluding carboxylic acids is 1. The largest absolute Gasteiger partial charge is 0.493 e. The summed E-state index contributed by atoms with van der Waals surface area (Å²) >= 11 is 1.29. The number of aromatic nitrogens is 2. The van der Waals surface area contributed by atoms with Gasteiger partial charge in [-0.05, 0) is 43.0 Å². The van der Waals surface area contributed by atoms with Crippen LogP contribution in [0, 0.1) is 5.92 Å². The van der Waals surface area contributed by atoms with Crippen molar-refractivity contribution in [1.29, 1.82) is 0 Å². The fourth-order valence-corrected chi connectivity index (χ4v) is 4.95. The van der Waals surface area contributed by atoms with Crippen molar-refractivity contribution in [3.8, 4) is 17.2 Å². The SMILES string of the molecule is COc1ccc(-n2c(SCC(=O)N3CCCC(C)C3)nc3ccccc3c2=O)cc1OC. The second-order valence-electron chi connectivity index (χ2n) is 7.97. The van der Waals surface area contributed by atoms with Crippen LogP contribution in [0.2, 0.25) is 0 Å². The lowest BCUT2D eigenvalue weighted by Crippen LogP contribution is -2.40. The molecule has 0 spiro atoms. The van der Waals surface area contributed by atoms with E-state index < -0.39 is 0 Å². The molecule has 7 nitrogen and oxygen atoms in total. The molecular weight excluding hydrogens is 426 g/mol. The van der Waals surface area contributed by atoms with E-state index in [0.29, 0.717) is 39.2 Å². The third-order valence-corrected chi connectivity index (χ3v) is 6.63. The van der Waals surface area contributed by atoms with Gasteiger partial charge in [0.25, 0.3) is 5.56 Å². The van der Waals surface area contributed by atoms with Gasteiger partial charge in [0.15, 0.2) is 16.7 Å². The van der Waals surface area contributed by atoms with E-state index in [2.05, 4.69) is 6.92 Å². The molecule has 2 aromatic carbocycles. The van der Waals surface area contributed by atoms with E-state index in [1.165, 1.54) is 11.8 Å². The number of methoxy groups -OCH3 is 2. The number of hydrogen-bond acceptors (Lipinski definition) is 6. The van der Waals surface area contributed by atoms with E-state index in [1.54, 1.807) is 43.1 Å². The highest BCUT2D eigenvalue weighted by Crippen LogP contribution is 2.31. The van der Waals surface area contributed by atoms with Crippen LogP contribution in [0.1, 0.15) is 19.8 Å². The van der Waals surface area contributed by atoms with E-state index in [0.717, 1.165) is 25.9 Å². The predicted molar refractivity (Wildman–Crippen MR) is 126 cm³/mol. The minimum atomic E-state index is -0.190. The van der Waals surface area contributed by atoms with Crippen LogP contribution in [-0.2, 0) is 4.79 Å². The molecule has 3 aromatic rings. The van der Waals surface area contributed by atoms with Gasteiger partial charge in [0.2, 0.25) is 5.91 Å². The zero-order valence-corrected chi connectivity index (χ0v) is 19.4. The summed E-state index contributed by atoms with van der Waals surface area (Å²) in [4.78, 5) is 32.9. The number of amides is 1. The second-order valence-corrected chi connectivity index (χ2v) is 8.91. The van der Waals surface area contributed by atoms with Crippen LogP contribution in [-0.4, -0.2) is 53.4 Å². The van der Waals surface area contributed by atoms with Gasteiger partial charge in [-0.3, -0.25) is 14.2 Å². The first-order chi connectivity index (χ1) is 15.5. The lowest BCUT2D eigenvalue weighted by molar-refractivity contribution is -0.130. The van der Waals surface area contributed by atoms with E-state index in [4.69, 9.17) is 14.5 Å². The molecular formula is C24H27N3O4S. The molecule has 8 heteroatoms. The quantitative estimate of drug-likeness (QED) is 0.418. The van der Waals surface area contributed by atoms with Gasteiger partial charge in [0.05, 0.1) is 36.6 Å². The lowest BCUT2D eigenvalue weighted by Gasteiger charge is -2.30. The topological polar surface area (TPSA) is 73.7 Å². The van der Waals surface area contributed by atoms with Crippen molar-refractivity contribution in [2.75, 3.05) is 33.1 Å². The highest BCUT2D eigenvalue weighted by molar-refractivity contribution is 7.99. The molecule has 1 fully saturated rings. The standard InChI is InChI=1S/C24H27N3O4S/c1-16-7-6-12-26(14-16)22(28)15-32-24-25-19-9-5-4-8-18(19)23(29)27(24)17-10-11-20(30-2)21(13-17)31-3/h4-5,8-11,13,16H,6-7,12,14-15H2,1-3H3. The van der Waals surface area contributed by atoms with E-state index in [1.807, 2.05) is 23.1 Å². The third kappa shape index (κ3) is 4.46. The molecule has 32 heavy (non-hydrogen) atoms. The fraction of sp³-hybridized carbons (Fsp3) is 0.375. The van der Waals surface area contributed by atoms with Crippen molar-refractivity contribution < 1.29 is 14.3 Å². The Hall–Kier alpha value is -3.00. The molecule has 1 aromatic heterocycles. The van der Waals surface area contributed by atoms with Gasteiger partial charge in [-0.15, -0.1) is 0 Å². The van der Waals surface area contributed by atoms with Crippen molar-refractivity contribution >= 4 is 28.6 Å². The van der Waals surface area contributed by atoms with Crippen molar-refractivity contribution in [3.05, 3.63) is 52.8 Å². The molecule has 0 radical (unpaired) electrons. The number of rotatable bonds is 6. The summed E-state index contributed by atoms with van der Waals surface area (Å²) in [5, 5.41) is 0.988. The van der Waals surface area contributed by atoms with Crippen LogP contribution >= 0.6 is 11.8 Å². The van der Waals surface area contributed by atoms with Gasteiger partial charge < -0.3 is 14.4 Å². The van der Waals surface area contributed by atoms with Crippen LogP contribution in [0.25, 0.3) is 16.6 Å². The number of hydrogen-bond donors (Lipinski definition) is 0. The first-order valence-electron chi connectivity index (χ1n) is 10.7. The van der Waals surface area contributed by atoms with Crippen LogP contribution in [0.3, 0.4) is 0 Å². The molecule has 1 amide bonds. The Morgan fingerprint density at radius 1 is 1.16 bits per heavy atom. The summed E-state index contributed by atoms with van der Waals surface area (Å²) < 4.78 is 12.3. The number of fused-ring (bicyclic) bond motifs is 1. The zero-order chi connectivity index (χ0) is 22.7. The Labute approximate surface area is 191 Å².